The number of aromatic nitrogens is 3. The summed E-state index contributed by atoms with van der Waals surface area (Å²) < 4.78 is 50.4. The highest BCUT2D eigenvalue weighted by Crippen LogP contribution is 2.35. The number of nitrogens with zero attached hydrogens (tertiary/aromatic N) is 3. The van der Waals surface area contributed by atoms with Crippen LogP contribution in [0.2, 0.25) is 0 Å². The van der Waals surface area contributed by atoms with E-state index in [0.717, 1.165) is 29.2 Å². The Labute approximate surface area is 137 Å². The molecule has 1 atom stereocenters. The molecule has 2 aromatic rings. The van der Waals surface area contributed by atoms with Crippen molar-refractivity contribution in [3.05, 3.63) is 29.5 Å². The van der Waals surface area contributed by atoms with Gasteiger partial charge in [0, 0.05) is 25.2 Å². The zero-order valence-corrected chi connectivity index (χ0v) is 13.6. The third kappa shape index (κ3) is 3.80. The number of rotatable bonds is 5. The largest absolute Gasteiger partial charge is 0.474 e. The highest BCUT2D eigenvalue weighted by Gasteiger charge is 2.35. The van der Waals surface area contributed by atoms with E-state index in [-0.39, 0.29) is 17.9 Å². The highest BCUT2D eigenvalue weighted by molar-refractivity contribution is 5.31. The Morgan fingerprint density at radius 3 is 2.46 bits per heavy atom. The van der Waals surface area contributed by atoms with Crippen molar-refractivity contribution in [3.8, 4) is 17.6 Å². The topological polar surface area (TPSA) is 49.2 Å². The number of pyridine rings is 1. The van der Waals surface area contributed by atoms with Crippen molar-refractivity contribution in [2.24, 2.45) is 13.0 Å². The maximum absolute atomic E-state index is 12.7. The molecule has 0 bridgehead atoms. The second kappa shape index (κ2) is 5.99. The second-order valence-corrected chi connectivity index (χ2v) is 6.07. The predicted molar refractivity (Wildman–Crippen MR) is 80.1 cm³/mol. The fraction of sp³-hybridized carbons (Fsp3) is 0.500. The van der Waals surface area contributed by atoms with Gasteiger partial charge in [-0.05, 0) is 38.2 Å². The molecule has 1 fully saturated rings. The number of alkyl halides is 3. The SMILES string of the molecule is Cc1cc(Oc2cc(C(F)(F)F)nn2C)nc(OC(C)C2CC2)c1. The number of aryl methyl sites for hydroxylation is 2. The zero-order chi connectivity index (χ0) is 17.5. The molecule has 1 aliphatic carbocycles. The molecular formula is C16H18F3N3O2. The molecule has 2 heterocycles. The van der Waals surface area contributed by atoms with Crippen LogP contribution in [0.4, 0.5) is 13.2 Å². The van der Waals surface area contributed by atoms with Crippen LogP contribution in [0.1, 0.15) is 31.0 Å². The fourth-order valence-corrected chi connectivity index (χ4v) is 2.36. The smallest absolute Gasteiger partial charge is 0.435 e. The van der Waals surface area contributed by atoms with Gasteiger partial charge in [0.05, 0.1) is 0 Å². The summed E-state index contributed by atoms with van der Waals surface area (Å²) in [5.41, 5.74) is -0.164. The van der Waals surface area contributed by atoms with Gasteiger partial charge < -0.3 is 9.47 Å². The van der Waals surface area contributed by atoms with Crippen molar-refractivity contribution < 1.29 is 22.6 Å². The van der Waals surface area contributed by atoms with Crippen molar-refractivity contribution in [1.29, 1.82) is 0 Å². The number of halogens is 3. The maximum atomic E-state index is 12.7. The quantitative estimate of drug-likeness (QED) is 0.821. The molecular weight excluding hydrogens is 323 g/mol. The Morgan fingerprint density at radius 1 is 1.21 bits per heavy atom. The summed E-state index contributed by atoms with van der Waals surface area (Å²) in [6.45, 7) is 3.83. The first-order valence-electron chi connectivity index (χ1n) is 7.67. The number of ether oxygens (including phenoxy) is 2. The molecule has 2 aromatic heterocycles. The van der Waals surface area contributed by atoms with E-state index in [1.807, 2.05) is 13.8 Å². The van der Waals surface area contributed by atoms with Gasteiger partial charge in [0.1, 0.15) is 6.10 Å². The van der Waals surface area contributed by atoms with Gasteiger partial charge in [-0.25, -0.2) is 4.68 Å². The molecule has 130 valence electrons. The van der Waals surface area contributed by atoms with Gasteiger partial charge in [-0.15, -0.1) is 0 Å². The van der Waals surface area contributed by atoms with E-state index >= 15 is 0 Å². The average molecular weight is 341 g/mol. The Balaban J connectivity index is 1.79. The Bertz CT molecular complexity index is 739. The predicted octanol–water partition coefficient (Wildman–Crippen LogP) is 4.11. The third-order valence-corrected chi connectivity index (χ3v) is 3.85. The highest BCUT2D eigenvalue weighted by atomic mass is 19.4. The lowest BCUT2D eigenvalue weighted by atomic mass is 10.2. The number of hydrogen-bond donors (Lipinski definition) is 0. The summed E-state index contributed by atoms with van der Waals surface area (Å²) in [4.78, 5) is 4.22. The van der Waals surface area contributed by atoms with Crippen LogP contribution in [-0.4, -0.2) is 20.9 Å². The summed E-state index contributed by atoms with van der Waals surface area (Å²) >= 11 is 0. The van der Waals surface area contributed by atoms with Crippen LogP contribution in [0.15, 0.2) is 18.2 Å². The van der Waals surface area contributed by atoms with Gasteiger partial charge in [-0.3, -0.25) is 0 Å². The molecule has 1 aliphatic rings. The molecule has 0 aliphatic heterocycles. The van der Waals surface area contributed by atoms with Crippen LogP contribution in [0.5, 0.6) is 17.6 Å². The molecule has 1 saturated carbocycles. The zero-order valence-electron chi connectivity index (χ0n) is 13.6. The van der Waals surface area contributed by atoms with Crippen molar-refractivity contribution in [2.75, 3.05) is 0 Å². The van der Waals surface area contributed by atoms with Crippen LogP contribution in [0.3, 0.4) is 0 Å². The molecule has 0 saturated heterocycles. The molecule has 3 rings (SSSR count). The van der Waals surface area contributed by atoms with Crippen LogP contribution >= 0.6 is 0 Å². The molecule has 8 heteroatoms. The van der Waals surface area contributed by atoms with E-state index in [4.69, 9.17) is 9.47 Å². The van der Waals surface area contributed by atoms with E-state index in [2.05, 4.69) is 10.1 Å². The standard InChI is InChI=1S/C16H18F3N3O2/c1-9-6-13(23-10(2)11-4-5-11)20-14(7-9)24-15-8-12(16(17,18)19)21-22(15)3/h6-8,10-11H,4-5H2,1-3H3. The van der Waals surface area contributed by atoms with Gasteiger partial charge in [-0.1, -0.05) is 0 Å². The normalized spacial score (nSPS) is 16.1. The molecule has 0 N–H and O–H groups in total. The van der Waals surface area contributed by atoms with E-state index in [1.165, 1.54) is 7.05 Å². The van der Waals surface area contributed by atoms with Crippen LogP contribution < -0.4 is 9.47 Å². The summed E-state index contributed by atoms with van der Waals surface area (Å²) in [7, 11) is 1.38. The second-order valence-electron chi connectivity index (χ2n) is 6.07. The number of hydrogen-bond acceptors (Lipinski definition) is 4. The van der Waals surface area contributed by atoms with Crippen LogP contribution in [-0.2, 0) is 13.2 Å². The first-order chi connectivity index (χ1) is 11.2. The van der Waals surface area contributed by atoms with Crippen molar-refractivity contribution in [3.63, 3.8) is 0 Å². The molecule has 24 heavy (non-hydrogen) atoms. The van der Waals surface area contributed by atoms with Gasteiger partial charge in [0.2, 0.25) is 17.6 Å². The lowest BCUT2D eigenvalue weighted by molar-refractivity contribution is -0.141. The molecule has 0 spiro atoms. The maximum Gasteiger partial charge on any atom is 0.435 e. The molecule has 1 unspecified atom stereocenters. The van der Waals surface area contributed by atoms with E-state index < -0.39 is 11.9 Å². The van der Waals surface area contributed by atoms with Crippen molar-refractivity contribution in [1.82, 2.24) is 14.8 Å². The van der Waals surface area contributed by atoms with E-state index in [0.29, 0.717) is 11.8 Å². The van der Waals surface area contributed by atoms with Crippen LogP contribution in [0.25, 0.3) is 0 Å². The minimum Gasteiger partial charge on any atom is -0.474 e. The van der Waals surface area contributed by atoms with Gasteiger partial charge in [-0.2, -0.15) is 23.3 Å². The minimum atomic E-state index is -4.52. The van der Waals surface area contributed by atoms with E-state index in [9.17, 15) is 13.2 Å². The van der Waals surface area contributed by atoms with Crippen molar-refractivity contribution >= 4 is 0 Å². The van der Waals surface area contributed by atoms with Gasteiger partial charge >= 0.3 is 6.18 Å². The average Bonchev–Trinajstić information content (AvgIpc) is 3.23. The Morgan fingerprint density at radius 2 is 1.88 bits per heavy atom. The fourth-order valence-electron chi connectivity index (χ4n) is 2.36. The van der Waals surface area contributed by atoms with Crippen molar-refractivity contribution in [2.45, 2.75) is 39.0 Å². The van der Waals surface area contributed by atoms with E-state index in [1.54, 1.807) is 12.1 Å². The molecule has 0 amide bonds. The van der Waals surface area contributed by atoms with Gasteiger partial charge in [0.15, 0.2) is 5.69 Å². The summed E-state index contributed by atoms with van der Waals surface area (Å²) in [5.74, 6) is 1.08. The van der Waals surface area contributed by atoms with Gasteiger partial charge in [0.25, 0.3) is 0 Å². The molecule has 0 radical (unpaired) electrons. The lowest BCUT2D eigenvalue weighted by Gasteiger charge is -2.14. The summed E-state index contributed by atoms with van der Waals surface area (Å²) in [5, 5.41) is 3.41. The monoisotopic (exact) mass is 341 g/mol. The van der Waals surface area contributed by atoms with Crippen LogP contribution in [0, 0.1) is 12.8 Å². The third-order valence-electron chi connectivity index (χ3n) is 3.85. The molecule has 0 aromatic carbocycles. The molecule has 5 nitrogen and oxygen atoms in total. The minimum absolute atomic E-state index is 0.0402. The Hall–Kier alpha value is -2.25. The lowest BCUT2D eigenvalue weighted by Crippen LogP contribution is -2.15. The first kappa shape index (κ1) is 16.6. The Kier molecular flexibility index (Phi) is 4.15. The first-order valence-corrected chi connectivity index (χ1v) is 7.67. The summed E-state index contributed by atoms with van der Waals surface area (Å²) in [6, 6.07) is 4.25. The summed E-state index contributed by atoms with van der Waals surface area (Å²) in [6.07, 6.45) is -2.18.